The van der Waals surface area contributed by atoms with Crippen LogP contribution in [0, 0.1) is 27.7 Å². The summed E-state index contributed by atoms with van der Waals surface area (Å²) in [5, 5.41) is 3.45. The lowest BCUT2D eigenvalue weighted by molar-refractivity contribution is 0.896. The van der Waals surface area contributed by atoms with Crippen LogP contribution in [-0.2, 0) is 12.8 Å². The second-order valence-electron chi connectivity index (χ2n) is 13.1. The van der Waals surface area contributed by atoms with Crippen molar-refractivity contribution >= 4 is 20.2 Å². The van der Waals surface area contributed by atoms with Crippen molar-refractivity contribution in [3.8, 4) is 22.3 Å². The van der Waals surface area contributed by atoms with Crippen LogP contribution in [0.15, 0.2) is 83.2 Å². The van der Waals surface area contributed by atoms with Crippen molar-refractivity contribution in [2.24, 2.45) is 0 Å². The molecule has 0 amide bonds. The molecule has 1 heteroatoms. The molecule has 0 nitrogen and oxygen atoms in total. The van der Waals surface area contributed by atoms with E-state index in [0.29, 0.717) is 11.1 Å². The number of hydrogen-bond acceptors (Lipinski definition) is 0. The Bertz CT molecular complexity index is 1600. The Morgan fingerprint density at radius 3 is 1.24 bits per heavy atom. The van der Waals surface area contributed by atoms with Gasteiger partial charge in [0.15, 0.2) is 0 Å². The van der Waals surface area contributed by atoms with E-state index >= 15 is 0 Å². The SMILES string of the molecule is Cc1cccc(-c2cccc3c2C=C([Si](C2=Cc4c(cccc4-c4cccc(C)c4C)C2)(C(C)C)C(C)C)C3)c1C. The van der Waals surface area contributed by atoms with Gasteiger partial charge in [-0.15, -0.1) is 0 Å². The summed E-state index contributed by atoms with van der Waals surface area (Å²) >= 11 is 0. The van der Waals surface area contributed by atoms with Gasteiger partial charge >= 0.3 is 0 Å². The molecule has 0 unspecified atom stereocenters. The van der Waals surface area contributed by atoms with Crippen LogP contribution >= 0.6 is 0 Å². The average Bonchev–Trinajstić information content (AvgIpc) is 3.57. The molecule has 0 N–H and O–H groups in total. The van der Waals surface area contributed by atoms with Crippen LogP contribution in [-0.4, -0.2) is 8.07 Å². The molecule has 208 valence electrons. The number of benzene rings is 4. The fraction of sp³-hybridized carbons (Fsp3) is 0.300. The first-order valence-electron chi connectivity index (χ1n) is 15.4. The van der Waals surface area contributed by atoms with Crippen molar-refractivity contribution in [3.05, 3.63) is 128 Å². The van der Waals surface area contributed by atoms with Gasteiger partial charge in [-0.25, -0.2) is 0 Å². The largest absolute Gasteiger partial charge is 0.114 e. The third-order valence-electron chi connectivity index (χ3n) is 10.5. The van der Waals surface area contributed by atoms with Gasteiger partial charge in [0, 0.05) is 0 Å². The van der Waals surface area contributed by atoms with Crippen molar-refractivity contribution in [2.75, 3.05) is 0 Å². The number of allylic oxidation sites excluding steroid dienone is 2. The van der Waals surface area contributed by atoms with E-state index in [1.165, 1.54) is 66.8 Å². The van der Waals surface area contributed by atoms with Crippen LogP contribution in [0.1, 0.15) is 72.2 Å². The third kappa shape index (κ3) is 4.32. The minimum absolute atomic E-state index is 0.622. The van der Waals surface area contributed by atoms with Gasteiger partial charge in [0.05, 0.1) is 0 Å². The lowest BCUT2D eigenvalue weighted by atomic mass is 9.92. The summed E-state index contributed by atoms with van der Waals surface area (Å²) in [6.07, 6.45) is 7.48. The number of aryl methyl sites for hydroxylation is 2. The Labute approximate surface area is 248 Å². The molecule has 0 aliphatic heterocycles. The van der Waals surface area contributed by atoms with Gasteiger partial charge in [0.1, 0.15) is 8.07 Å². The van der Waals surface area contributed by atoms with Crippen molar-refractivity contribution < 1.29 is 0 Å². The Balaban J connectivity index is 1.51. The van der Waals surface area contributed by atoms with Gasteiger partial charge in [-0.2, -0.15) is 0 Å². The van der Waals surface area contributed by atoms with Gasteiger partial charge < -0.3 is 0 Å². The lowest BCUT2D eigenvalue weighted by Crippen LogP contribution is -2.46. The Kier molecular flexibility index (Phi) is 7.06. The molecule has 0 radical (unpaired) electrons. The van der Waals surface area contributed by atoms with Gasteiger partial charge in [0.25, 0.3) is 0 Å². The first kappa shape index (κ1) is 27.7. The average molecular weight is 553 g/mol. The van der Waals surface area contributed by atoms with Gasteiger partial charge in [-0.1, -0.05) is 123 Å². The molecule has 4 aromatic carbocycles. The molecule has 0 atom stereocenters. The van der Waals surface area contributed by atoms with E-state index in [0.717, 1.165) is 12.8 Å². The fourth-order valence-electron chi connectivity index (χ4n) is 8.18. The van der Waals surface area contributed by atoms with Crippen molar-refractivity contribution in [3.63, 3.8) is 0 Å². The van der Waals surface area contributed by atoms with Crippen LogP contribution in [0.2, 0.25) is 11.1 Å². The fourth-order valence-corrected chi connectivity index (χ4v) is 14.6. The van der Waals surface area contributed by atoms with Crippen LogP contribution in [0.3, 0.4) is 0 Å². The number of hydrogen-bond donors (Lipinski definition) is 0. The maximum atomic E-state index is 2.65. The standard InChI is InChI=1S/C40H44Si/c1-25(2)41(26(3)4,33-21-31-15-11-19-37(39(31)23-33)35-17-9-13-27(5)29(35)7)34-22-32-16-12-20-38(40(32)24-34)36-18-10-14-28(6)30(36)8/h9-20,23-26H,21-22H2,1-8H3. The molecule has 0 spiro atoms. The molecule has 2 aliphatic carbocycles. The summed E-state index contributed by atoms with van der Waals surface area (Å²) in [6, 6.07) is 27.5. The molecule has 0 heterocycles. The Morgan fingerprint density at radius 2 is 0.854 bits per heavy atom. The molecule has 6 rings (SSSR count). The van der Waals surface area contributed by atoms with Crippen LogP contribution in [0.4, 0.5) is 0 Å². The molecule has 41 heavy (non-hydrogen) atoms. The predicted octanol–water partition coefficient (Wildman–Crippen LogP) is 11.2. The number of rotatable bonds is 6. The molecule has 0 saturated heterocycles. The van der Waals surface area contributed by atoms with Crippen molar-refractivity contribution in [1.29, 1.82) is 0 Å². The summed E-state index contributed by atoms with van der Waals surface area (Å²) in [4.78, 5) is 0. The molecular formula is C40H44Si. The van der Waals surface area contributed by atoms with Crippen LogP contribution in [0.25, 0.3) is 34.4 Å². The van der Waals surface area contributed by atoms with E-state index < -0.39 is 8.07 Å². The van der Waals surface area contributed by atoms with Gasteiger partial charge in [-0.05, 0) is 118 Å². The molecule has 0 fully saturated rings. The van der Waals surface area contributed by atoms with E-state index in [2.05, 4.69) is 140 Å². The van der Waals surface area contributed by atoms with Gasteiger partial charge in [0.2, 0.25) is 0 Å². The number of fused-ring (bicyclic) bond motifs is 2. The lowest BCUT2D eigenvalue weighted by Gasteiger charge is -2.42. The van der Waals surface area contributed by atoms with E-state index in [9.17, 15) is 0 Å². The normalized spacial score (nSPS) is 14.4. The second kappa shape index (κ2) is 10.4. The molecule has 0 saturated carbocycles. The van der Waals surface area contributed by atoms with E-state index in [4.69, 9.17) is 0 Å². The maximum absolute atomic E-state index is 2.65. The van der Waals surface area contributed by atoms with Crippen molar-refractivity contribution in [2.45, 2.75) is 79.3 Å². The summed E-state index contributed by atoms with van der Waals surface area (Å²) in [6.45, 7) is 19.1. The summed E-state index contributed by atoms with van der Waals surface area (Å²) in [7, 11) is -2.05. The highest BCUT2D eigenvalue weighted by molar-refractivity contribution is 6.96. The molecule has 4 aromatic rings. The summed E-state index contributed by atoms with van der Waals surface area (Å²) < 4.78 is 0. The first-order valence-corrected chi connectivity index (χ1v) is 17.6. The zero-order valence-electron chi connectivity index (χ0n) is 26.2. The maximum Gasteiger partial charge on any atom is 0.114 e. The Morgan fingerprint density at radius 1 is 0.488 bits per heavy atom. The zero-order chi connectivity index (χ0) is 29.1. The summed E-state index contributed by atoms with van der Waals surface area (Å²) in [5.41, 5.74) is 18.2. The van der Waals surface area contributed by atoms with Crippen LogP contribution < -0.4 is 0 Å². The predicted molar refractivity (Wildman–Crippen MR) is 182 cm³/mol. The smallest absolute Gasteiger partial charge is 0.0704 e. The van der Waals surface area contributed by atoms with E-state index in [1.807, 2.05) is 0 Å². The highest BCUT2D eigenvalue weighted by Gasteiger charge is 2.48. The topological polar surface area (TPSA) is 0 Å². The molecule has 0 aromatic heterocycles. The van der Waals surface area contributed by atoms with E-state index in [-0.39, 0.29) is 0 Å². The highest BCUT2D eigenvalue weighted by Crippen LogP contribution is 2.52. The molecule has 0 bridgehead atoms. The second-order valence-corrected chi connectivity index (χ2v) is 18.5. The Hall–Kier alpha value is -3.42. The summed E-state index contributed by atoms with van der Waals surface area (Å²) in [5.74, 6) is 0. The van der Waals surface area contributed by atoms with Crippen LogP contribution in [0.5, 0.6) is 0 Å². The highest BCUT2D eigenvalue weighted by atomic mass is 28.3. The van der Waals surface area contributed by atoms with Gasteiger partial charge in [-0.3, -0.25) is 0 Å². The third-order valence-corrected chi connectivity index (χ3v) is 16.9. The minimum Gasteiger partial charge on any atom is -0.0704 e. The van der Waals surface area contributed by atoms with E-state index in [1.54, 1.807) is 10.4 Å². The quantitative estimate of drug-likeness (QED) is 0.209. The molecular weight excluding hydrogens is 509 g/mol. The monoisotopic (exact) mass is 552 g/mol. The minimum atomic E-state index is -2.05. The first-order chi connectivity index (χ1) is 19.6. The molecule has 2 aliphatic rings. The zero-order valence-corrected chi connectivity index (χ0v) is 27.2. The van der Waals surface area contributed by atoms with Crippen molar-refractivity contribution in [1.82, 2.24) is 0 Å².